The van der Waals surface area contributed by atoms with Gasteiger partial charge in [0.2, 0.25) is 0 Å². The van der Waals surface area contributed by atoms with E-state index in [2.05, 4.69) is 15.6 Å². The molecule has 7 heteroatoms. The van der Waals surface area contributed by atoms with Crippen LogP contribution < -0.4 is 10.6 Å². The number of nitrogens with zero attached hydrogens (tertiary/aromatic N) is 1. The SMILES string of the molecule is COC(=O)c1c(NC(=S)Nc2ccncc2)sc2c1CCCCC2. The molecule has 3 rings (SSSR count). The molecule has 0 atom stereocenters. The monoisotopic (exact) mass is 361 g/mol. The third-order valence-corrected chi connectivity index (χ3v) is 5.39. The summed E-state index contributed by atoms with van der Waals surface area (Å²) in [6.45, 7) is 0. The van der Waals surface area contributed by atoms with Gasteiger partial charge < -0.3 is 15.4 Å². The molecule has 0 aromatic carbocycles. The maximum absolute atomic E-state index is 12.3. The smallest absolute Gasteiger partial charge is 0.341 e. The summed E-state index contributed by atoms with van der Waals surface area (Å²) < 4.78 is 5.00. The molecule has 0 fully saturated rings. The lowest BCUT2D eigenvalue weighted by Gasteiger charge is -2.11. The number of carbonyl (C=O) groups is 1. The van der Waals surface area contributed by atoms with Crippen LogP contribution in [0, 0.1) is 0 Å². The molecule has 2 aromatic rings. The first-order chi connectivity index (χ1) is 11.7. The molecule has 0 saturated carbocycles. The van der Waals surface area contributed by atoms with Gasteiger partial charge in [0, 0.05) is 23.0 Å². The first-order valence-electron chi connectivity index (χ1n) is 7.90. The largest absolute Gasteiger partial charge is 0.465 e. The van der Waals surface area contributed by atoms with Crippen molar-refractivity contribution in [2.75, 3.05) is 17.7 Å². The summed E-state index contributed by atoms with van der Waals surface area (Å²) in [7, 11) is 1.42. The van der Waals surface area contributed by atoms with E-state index in [9.17, 15) is 4.79 Å². The molecule has 1 aliphatic carbocycles. The van der Waals surface area contributed by atoms with E-state index in [0.29, 0.717) is 10.7 Å². The first kappa shape index (κ1) is 16.9. The van der Waals surface area contributed by atoms with Crippen molar-refractivity contribution in [2.45, 2.75) is 32.1 Å². The van der Waals surface area contributed by atoms with Crippen LogP contribution in [0.4, 0.5) is 10.7 Å². The second-order valence-electron chi connectivity index (χ2n) is 5.58. The molecule has 0 radical (unpaired) electrons. The number of aromatic nitrogens is 1. The number of fused-ring (bicyclic) bond motifs is 1. The van der Waals surface area contributed by atoms with Crippen LogP contribution in [0.1, 0.15) is 40.1 Å². The highest BCUT2D eigenvalue weighted by Crippen LogP contribution is 2.38. The number of thiophene rings is 1. The van der Waals surface area contributed by atoms with Gasteiger partial charge >= 0.3 is 5.97 Å². The van der Waals surface area contributed by atoms with Crippen molar-refractivity contribution in [2.24, 2.45) is 0 Å². The van der Waals surface area contributed by atoms with Gasteiger partial charge in [0.15, 0.2) is 5.11 Å². The third-order valence-electron chi connectivity index (χ3n) is 3.98. The van der Waals surface area contributed by atoms with Gasteiger partial charge in [-0.15, -0.1) is 11.3 Å². The van der Waals surface area contributed by atoms with Gasteiger partial charge in [-0.05, 0) is 55.6 Å². The Labute approximate surface area is 150 Å². The number of anilines is 2. The first-order valence-corrected chi connectivity index (χ1v) is 9.12. The molecule has 0 unspecified atom stereocenters. The Hall–Kier alpha value is -1.99. The van der Waals surface area contributed by atoms with Gasteiger partial charge in [-0.25, -0.2) is 4.79 Å². The average molecular weight is 361 g/mol. The van der Waals surface area contributed by atoms with Crippen LogP contribution in [0.25, 0.3) is 0 Å². The zero-order valence-corrected chi connectivity index (χ0v) is 15.1. The van der Waals surface area contributed by atoms with E-state index in [1.54, 1.807) is 23.7 Å². The van der Waals surface area contributed by atoms with Crippen molar-refractivity contribution in [1.82, 2.24) is 4.98 Å². The van der Waals surface area contributed by atoms with Crippen LogP contribution in [-0.4, -0.2) is 23.2 Å². The van der Waals surface area contributed by atoms with Gasteiger partial charge in [0.05, 0.1) is 12.7 Å². The normalized spacial score (nSPS) is 13.5. The van der Waals surface area contributed by atoms with E-state index in [0.717, 1.165) is 41.9 Å². The van der Waals surface area contributed by atoms with Crippen LogP contribution >= 0.6 is 23.6 Å². The number of aryl methyl sites for hydroxylation is 1. The number of thiocarbonyl (C=S) groups is 1. The number of hydrogen-bond acceptors (Lipinski definition) is 5. The predicted molar refractivity (Wildman–Crippen MR) is 101 cm³/mol. The standard InChI is InChI=1S/C17H19N3O2S2/c1-22-16(21)14-12-5-3-2-4-6-13(12)24-15(14)20-17(23)19-11-7-9-18-10-8-11/h7-10H,2-6H2,1H3,(H2,18,19,20,23). The number of carbonyl (C=O) groups excluding carboxylic acids is 1. The highest BCUT2D eigenvalue weighted by Gasteiger charge is 2.25. The van der Waals surface area contributed by atoms with E-state index >= 15 is 0 Å². The Morgan fingerprint density at radius 2 is 1.96 bits per heavy atom. The minimum atomic E-state index is -0.302. The molecule has 0 amide bonds. The molecular weight excluding hydrogens is 342 g/mol. The molecule has 5 nitrogen and oxygen atoms in total. The summed E-state index contributed by atoms with van der Waals surface area (Å²) in [5, 5.41) is 7.48. The van der Waals surface area contributed by atoms with Crippen molar-refractivity contribution >= 4 is 45.3 Å². The highest BCUT2D eigenvalue weighted by molar-refractivity contribution is 7.80. The molecule has 0 aliphatic heterocycles. The fourth-order valence-corrected chi connectivity index (χ4v) is 4.42. The van der Waals surface area contributed by atoms with E-state index < -0.39 is 0 Å². The Balaban J connectivity index is 1.84. The number of rotatable bonds is 3. The lowest BCUT2D eigenvalue weighted by atomic mass is 10.1. The number of hydrogen-bond donors (Lipinski definition) is 2. The Kier molecular flexibility index (Phi) is 5.42. The van der Waals surface area contributed by atoms with E-state index in [4.69, 9.17) is 17.0 Å². The number of pyridine rings is 1. The second kappa shape index (κ2) is 7.72. The highest BCUT2D eigenvalue weighted by atomic mass is 32.1. The van der Waals surface area contributed by atoms with Gasteiger partial charge in [0.25, 0.3) is 0 Å². The van der Waals surface area contributed by atoms with E-state index in [1.807, 2.05) is 12.1 Å². The van der Waals surface area contributed by atoms with Crippen LogP contribution in [0.2, 0.25) is 0 Å². The van der Waals surface area contributed by atoms with E-state index in [-0.39, 0.29) is 5.97 Å². The summed E-state index contributed by atoms with van der Waals surface area (Å²) in [5.74, 6) is -0.302. The Bertz CT molecular complexity index is 744. The van der Waals surface area contributed by atoms with E-state index in [1.165, 1.54) is 18.4 Å². The second-order valence-corrected chi connectivity index (χ2v) is 7.09. The number of esters is 1. The zero-order valence-electron chi connectivity index (χ0n) is 13.4. The minimum Gasteiger partial charge on any atom is -0.465 e. The van der Waals surface area contributed by atoms with Crippen molar-refractivity contribution in [3.8, 4) is 0 Å². The third kappa shape index (κ3) is 3.73. The van der Waals surface area contributed by atoms with Crippen LogP contribution in [-0.2, 0) is 17.6 Å². The van der Waals surface area contributed by atoms with Crippen LogP contribution in [0.3, 0.4) is 0 Å². The quantitative estimate of drug-likeness (QED) is 0.489. The summed E-state index contributed by atoms with van der Waals surface area (Å²) in [5.41, 5.74) is 2.61. The van der Waals surface area contributed by atoms with Gasteiger partial charge in [-0.2, -0.15) is 0 Å². The minimum absolute atomic E-state index is 0.302. The summed E-state index contributed by atoms with van der Waals surface area (Å²) in [4.78, 5) is 17.5. The zero-order chi connectivity index (χ0) is 16.9. The van der Waals surface area contributed by atoms with Crippen LogP contribution in [0.5, 0.6) is 0 Å². The van der Waals surface area contributed by atoms with Gasteiger partial charge in [0.1, 0.15) is 5.00 Å². The van der Waals surface area contributed by atoms with Gasteiger partial charge in [-0.1, -0.05) is 6.42 Å². The summed E-state index contributed by atoms with van der Waals surface area (Å²) in [6.07, 6.45) is 8.78. The Morgan fingerprint density at radius 3 is 2.71 bits per heavy atom. The number of nitrogens with one attached hydrogen (secondary N) is 2. The number of methoxy groups -OCH3 is 1. The fraction of sp³-hybridized carbons (Fsp3) is 0.353. The van der Waals surface area contributed by atoms with Crippen molar-refractivity contribution < 1.29 is 9.53 Å². The molecule has 2 N–H and O–H groups in total. The topological polar surface area (TPSA) is 63.2 Å². The van der Waals surface area contributed by atoms with Crippen molar-refractivity contribution in [3.05, 3.63) is 40.5 Å². The average Bonchev–Trinajstić information content (AvgIpc) is 2.76. The molecule has 2 heterocycles. The molecule has 0 saturated heterocycles. The predicted octanol–water partition coefficient (Wildman–Crippen LogP) is 4.01. The van der Waals surface area contributed by atoms with Gasteiger partial charge in [-0.3, -0.25) is 4.98 Å². The molecule has 2 aromatic heterocycles. The number of ether oxygens (including phenoxy) is 1. The maximum Gasteiger partial charge on any atom is 0.341 e. The molecule has 0 bridgehead atoms. The lowest BCUT2D eigenvalue weighted by molar-refractivity contribution is 0.0601. The maximum atomic E-state index is 12.3. The molecule has 0 spiro atoms. The summed E-state index contributed by atoms with van der Waals surface area (Å²) in [6, 6.07) is 3.66. The fourth-order valence-electron chi connectivity index (χ4n) is 2.85. The molecule has 1 aliphatic rings. The lowest BCUT2D eigenvalue weighted by Crippen LogP contribution is -2.20. The Morgan fingerprint density at radius 1 is 1.21 bits per heavy atom. The van der Waals surface area contributed by atoms with Crippen molar-refractivity contribution in [3.63, 3.8) is 0 Å². The van der Waals surface area contributed by atoms with Crippen molar-refractivity contribution in [1.29, 1.82) is 0 Å². The summed E-state index contributed by atoms with van der Waals surface area (Å²) >= 11 is 6.99. The molecule has 126 valence electrons. The molecule has 24 heavy (non-hydrogen) atoms. The molecular formula is C17H19N3O2S2. The van der Waals surface area contributed by atoms with Crippen LogP contribution in [0.15, 0.2) is 24.5 Å².